The number of carboxylic acids is 1. The summed E-state index contributed by atoms with van der Waals surface area (Å²) in [6.07, 6.45) is 5.20. The van der Waals surface area contributed by atoms with Gasteiger partial charge in [0.25, 0.3) is 0 Å². The maximum Gasteiger partial charge on any atom is 0.326 e. The molecule has 2 rings (SSSR count). The second-order valence-electron chi connectivity index (χ2n) is 8.24. The first-order valence-corrected chi connectivity index (χ1v) is 13.4. The Hall–Kier alpha value is -3.23. The van der Waals surface area contributed by atoms with Crippen LogP contribution in [0.1, 0.15) is 17.7 Å². The van der Waals surface area contributed by atoms with Gasteiger partial charge in [0.1, 0.15) is 23.9 Å². The fourth-order valence-corrected chi connectivity index (χ4v) is 4.04. The molecule has 3 amide bonds. The molecule has 8 N–H and O–H groups in total. The van der Waals surface area contributed by atoms with E-state index in [9.17, 15) is 29.4 Å². The molecule has 14 heteroatoms. The first kappa shape index (κ1) is 30.0. The molecule has 1 aromatic heterocycles. The van der Waals surface area contributed by atoms with E-state index in [1.807, 2.05) is 6.26 Å². The largest absolute Gasteiger partial charge is 0.508 e. The Morgan fingerprint density at radius 3 is 2.22 bits per heavy atom. The number of nitrogens with two attached hydrogens (primary N) is 1. The molecule has 0 aliphatic heterocycles. The smallest absolute Gasteiger partial charge is 0.326 e. The van der Waals surface area contributed by atoms with Crippen molar-refractivity contribution in [2.24, 2.45) is 5.73 Å². The van der Waals surface area contributed by atoms with Gasteiger partial charge in [-0.25, -0.2) is 9.78 Å². The number of aromatic nitrogens is 2. The summed E-state index contributed by atoms with van der Waals surface area (Å²) in [6, 6.07) is 1.66. The molecule has 0 bridgehead atoms. The molecule has 4 atom stereocenters. The van der Waals surface area contributed by atoms with Gasteiger partial charge in [-0.3, -0.25) is 14.4 Å². The van der Waals surface area contributed by atoms with E-state index >= 15 is 0 Å². The molecule has 37 heavy (non-hydrogen) atoms. The van der Waals surface area contributed by atoms with Gasteiger partial charge in [-0.1, -0.05) is 12.1 Å². The highest BCUT2D eigenvalue weighted by molar-refractivity contribution is 7.98. The SMILES string of the molecule is CSCCC(NC(=O)C(Cc1ccc(O)cc1)NC(=O)C(CS)NC(=O)C(N)Cc1cnc[nH]1)C(=O)O. The number of benzene rings is 1. The number of aromatic hydroxyl groups is 1. The van der Waals surface area contributed by atoms with Crippen molar-refractivity contribution < 1.29 is 29.4 Å². The Morgan fingerprint density at radius 2 is 1.65 bits per heavy atom. The van der Waals surface area contributed by atoms with Gasteiger partial charge in [-0.2, -0.15) is 24.4 Å². The number of thiol groups is 1. The summed E-state index contributed by atoms with van der Waals surface area (Å²) in [6.45, 7) is 0. The lowest BCUT2D eigenvalue weighted by Gasteiger charge is -2.24. The van der Waals surface area contributed by atoms with Gasteiger partial charge >= 0.3 is 5.97 Å². The van der Waals surface area contributed by atoms with E-state index in [4.69, 9.17) is 5.73 Å². The first-order valence-electron chi connectivity index (χ1n) is 11.4. The summed E-state index contributed by atoms with van der Waals surface area (Å²) < 4.78 is 0. The minimum absolute atomic E-state index is 0.0132. The third-order valence-electron chi connectivity index (χ3n) is 5.38. The number of phenolic OH excluding ortho intramolecular Hbond substituents is 1. The van der Waals surface area contributed by atoms with Crippen molar-refractivity contribution in [3.63, 3.8) is 0 Å². The summed E-state index contributed by atoms with van der Waals surface area (Å²) in [5, 5.41) is 26.6. The number of hydrogen-bond donors (Lipinski definition) is 8. The van der Waals surface area contributed by atoms with E-state index < -0.39 is 47.9 Å². The number of thioether (sulfide) groups is 1. The highest BCUT2D eigenvalue weighted by Crippen LogP contribution is 2.12. The normalized spacial score (nSPS) is 14.1. The van der Waals surface area contributed by atoms with Crippen LogP contribution in [0.2, 0.25) is 0 Å². The lowest BCUT2D eigenvalue weighted by molar-refractivity contribution is -0.142. The van der Waals surface area contributed by atoms with Crippen molar-refractivity contribution in [3.8, 4) is 5.75 Å². The van der Waals surface area contributed by atoms with Gasteiger partial charge in [0, 0.05) is 30.5 Å². The van der Waals surface area contributed by atoms with Crippen molar-refractivity contribution in [1.29, 1.82) is 0 Å². The fraction of sp³-hybridized carbons (Fsp3) is 0.435. The van der Waals surface area contributed by atoms with Crippen molar-refractivity contribution in [2.75, 3.05) is 17.8 Å². The number of nitrogens with one attached hydrogen (secondary N) is 4. The minimum atomic E-state index is -1.19. The fourth-order valence-electron chi connectivity index (χ4n) is 3.31. The van der Waals surface area contributed by atoms with E-state index in [1.54, 1.807) is 12.1 Å². The van der Waals surface area contributed by atoms with Gasteiger partial charge in [-0.15, -0.1) is 0 Å². The van der Waals surface area contributed by atoms with Crippen LogP contribution in [0.3, 0.4) is 0 Å². The zero-order valence-electron chi connectivity index (χ0n) is 20.2. The molecule has 0 saturated carbocycles. The maximum atomic E-state index is 13.1. The maximum absolute atomic E-state index is 13.1. The molecule has 0 saturated heterocycles. The zero-order valence-corrected chi connectivity index (χ0v) is 21.9. The van der Waals surface area contributed by atoms with Crippen LogP contribution in [0, 0.1) is 0 Å². The van der Waals surface area contributed by atoms with Gasteiger partial charge < -0.3 is 36.9 Å². The summed E-state index contributed by atoms with van der Waals surface area (Å²) in [5.41, 5.74) is 7.20. The average Bonchev–Trinajstić information content (AvgIpc) is 3.38. The number of carbonyl (C=O) groups is 4. The third-order valence-corrected chi connectivity index (χ3v) is 6.39. The van der Waals surface area contributed by atoms with Crippen LogP contribution < -0.4 is 21.7 Å². The number of phenols is 1. The van der Waals surface area contributed by atoms with Gasteiger partial charge in [0.15, 0.2) is 0 Å². The van der Waals surface area contributed by atoms with E-state index in [0.29, 0.717) is 17.0 Å². The topological polar surface area (TPSA) is 200 Å². The number of aromatic amines is 1. The van der Waals surface area contributed by atoms with Gasteiger partial charge in [0.05, 0.1) is 12.4 Å². The lowest BCUT2D eigenvalue weighted by Crippen LogP contribution is -2.58. The van der Waals surface area contributed by atoms with E-state index in [2.05, 4.69) is 38.5 Å². The molecule has 0 fully saturated rings. The van der Waals surface area contributed by atoms with Crippen LogP contribution in [0.5, 0.6) is 5.75 Å². The molecule has 4 unspecified atom stereocenters. The Bertz CT molecular complexity index is 1040. The Morgan fingerprint density at radius 1 is 1.03 bits per heavy atom. The molecule has 0 aliphatic rings. The standard InChI is InChI=1S/C23H32N6O6S2/c1-37-7-6-17(23(34)35)27-21(32)18(8-13-2-4-15(30)5-3-13)28-22(33)19(11-36)29-20(31)16(24)9-14-10-25-12-26-14/h2-5,10,12,16-19,30,36H,6-9,11,24H2,1H3,(H,25,26)(H,27,32)(H,28,33)(H,29,31)(H,34,35). The van der Waals surface area contributed by atoms with E-state index in [0.717, 1.165) is 0 Å². The van der Waals surface area contributed by atoms with E-state index in [-0.39, 0.29) is 30.8 Å². The second-order valence-corrected chi connectivity index (χ2v) is 9.59. The predicted octanol–water partition coefficient (Wildman–Crippen LogP) is -0.550. The summed E-state index contributed by atoms with van der Waals surface area (Å²) in [7, 11) is 0. The van der Waals surface area contributed by atoms with Crippen LogP contribution in [0.25, 0.3) is 0 Å². The lowest BCUT2D eigenvalue weighted by atomic mass is 10.0. The number of amides is 3. The van der Waals surface area contributed by atoms with Crippen molar-refractivity contribution in [3.05, 3.63) is 48.0 Å². The molecule has 0 radical (unpaired) electrons. The second kappa shape index (κ2) is 15.1. The number of nitrogens with zero attached hydrogens (tertiary/aromatic N) is 1. The number of carboxylic acid groups (broad SMARTS) is 1. The molecule has 1 heterocycles. The third kappa shape index (κ3) is 9.98. The Balaban J connectivity index is 2.13. The summed E-state index contributed by atoms with van der Waals surface area (Å²) in [5.74, 6) is -2.70. The van der Waals surface area contributed by atoms with Gasteiger partial charge in [0.2, 0.25) is 17.7 Å². The van der Waals surface area contributed by atoms with Crippen LogP contribution in [0.4, 0.5) is 0 Å². The van der Waals surface area contributed by atoms with Crippen LogP contribution in [0.15, 0.2) is 36.8 Å². The molecule has 1 aromatic carbocycles. The van der Waals surface area contributed by atoms with Crippen LogP contribution >= 0.6 is 24.4 Å². The van der Waals surface area contributed by atoms with Crippen molar-refractivity contribution in [2.45, 2.75) is 43.4 Å². The molecular formula is C23H32N6O6S2. The molecular weight excluding hydrogens is 520 g/mol. The Labute approximate surface area is 224 Å². The van der Waals surface area contributed by atoms with E-state index in [1.165, 1.54) is 36.4 Å². The quantitative estimate of drug-likeness (QED) is 0.134. The summed E-state index contributed by atoms with van der Waals surface area (Å²) >= 11 is 5.59. The van der Waals surface area contributed by atoms with Crippen molar-refractivity contribution in [1.82, 2.24) is 25.9 Å². The average molecular weight is 553 g/mol. The van der Waals surface area contributed by atoms with Gasteiger partial charge in [-0.05, 0) is 36.1 Å². The van der Waals surface area contributed by atoms with Crippen molar-refractivity contribution >= 4 is 48.1 Å². The highest BCUT2D eigenvalue weighted by Gasteiger charge is 2.30. The molecule has 202 valence electrons. The minimum Gasteiger partial charge on any atom is -0.508 e. The summed E-state index contributed by atoms with van der Waals surface area (Å²) in [4.78, 5) is 57.0. The molecule has 0 aliphatic carbocycles. The monoisotopic (exact) mass is 552 g/mol. The van der Waals surface area contributed by atoms with Crippen LogP contribution in [-0.4, -0.2) is 85.8 Å². The zero-order chi connectivity index (χ0) is 27.4. The highest BCUT2D eigenvalue weighted by atomic mass is 32.2. The molecule has 0 spiro atoms. The number of imidazole rings is 1. The number of aliphatic carboxylic acids is 1. The number of carbonyl (C=O) groups excluding carboxylic acids is 3. The number of H-pyrrole nitrogens is 1. The predicted molar refractivity (Wildman–Crippen MR) is 142 cm³/mol. The van der Waals surface area contributed by atoms with Crippen LogP contribution in [-0.2, 0) is 32.0 Å². The Kier molecular flexibility index (Phi) is 12.3. The first-order chi connectivity index (χ1) is 17.6. The molecule has 2 aromatic rings. The molecule has 12 nitrogen and oxygen atoms in total. The number of rotatable bonds is 15. The number of hydrogen-bond acceptors (Lipinski definition) is 9.